The number of rotatable bonds is 3. The highest BCUT2D eigenvalue weighted by molar-refractivity contribution is 5.97. The zero-order valence-corrected chi connectivity index (χ0v) is 19.2. The minimum Gasteiger partial charge on any atom is -0.346 e. The van der Waals surface area contributed by atoms with Gasteiger partial charge in [-0.25, -0.2) is 14.4 Å². The van der Waals surface area contributed by atoms with Gasteiger partial charge in [0.2, 0.25) is 0 Å². The molecule has 1 aliphatic heterocycles. The van der Waals surface area contributed by atoms with E-state index in [4.69, 9.17) is 0 Å². The predicted molar refractivity (Wildman–Crippen MR) is 127 cm³/mol. The number of nitrogens with zero attached hydrogens (tertiary/aromatic N) is 6. The summed E-state index contributed by atoms with van der Waals surface area (Å²) in [6, 6.07) is 5.93. The summed E-state index contributed by atoms with van der Waals surface area (Å²) in [5.41, 5.74) is 7.05. The molecule has 4 aromatic heterocycles. The number of fused-ring (bicyclic) bond motifs is 3. The molecule has 5 heterocycles. The van der Waals surface area contributed by atoms with Gasteiger partial charge in [-0.05, 0) is 51.6 Å². The van der Waals surface area contributed by atoms with E-state index in [1.807, 2.05) is 31.6 Å². The molecule has 0 radical (unpaired) electrons. The molecule has 0 unspecified atom stereocenters. The Hall–Kier alpha value is -3.52. The van der Waals surface area contributed by atoms with E-state index in [0.29, 0.717) is 5.52 Å². The Labute approximate surface area is 190 Å². The van der Waals surface area contributed by atoms with Crippen LogP contribution in [0.1, 0.15) is 31.4 Å². The highest BCUT2D eigenvalue weighted by atomic mass is 19.1. The van der Waals surface area contributed by atoms with Crippen molar-refractivity contribution in [3.63, 3.8) is 0 Å². The molecule has 6 rings (SSSR count). The number of pyridine rings is 1. The summed E-state index contributed by atoms with van der Waals surface area (Å²) < 4.78 is 19.3. The standard InChI is InChI=1S/C25H26FN7/c1-14(2)33-15(3)30-24-21(26)8-16(9-22(24)33)19-11-28-25-18(19)7-17(10-27-25)20-12-29-32-6-5-31(4)13-23(20)32/h7-12,14H,5-6,13H2,1-4H3,(H,27,28). The SMILES string of the molecule is Cc1nc2c(F)cc(-c3c[nH]c4ncc(-c5cnn6c5CN(C)CC6)cc34)cc2n1C(C)C. The third-order valence-electron chi connectivity index (χ3n) is 6.66. The second-order valence-corrected chi connectivity index (χ2v) is 9.24. The van der Waals surface area contributed by atoms with E-state index in [-0.39, 0.29) is 11.9 Å². The smallest absolute Gasteiger partial charge is 0.151 e. The monoisotopic (exact) mass is 443 g/mol. The number of imidazole rings is 1. The third kappa shape index (κ3) is 3.08. The van der Waals surface area contributed by atoms with Crippen LogP contribution in [0.2, 0.25) is 0 Å². The average molecular weight is 444 g/mol. The predicted octanol–water partition coefficient (Wildman–Crippen LogP) is 4.92. The lowest BCUT2D eigenvalue weighted by Crippen LogP contribution is -2.30. The summed E-state index contributed by atoms with van der Waals surface area (Å²) >= 11 is 0. The van der Waals surface area contributed by atoms with E-state index in [9.17, 15) is 0 Å². The number of hydrogen-bond acceptors (Lipinski definition) is 4. The molecule has 8 heteroatoms. The average Bonchev–Trinajstić information content (AvgIpc) is 3.47. The highest BCUT2D eigenvalue weighted by Gasteiger charge is 2.21. The van der Waals surface area contributed by atoms with Gasteiger partial charge in [-0.2, -0.15) is 5.10 Å². The van der Waals surface area contributed by atoms with Crippen molar-refractivity contribution in [2.24, 2.45) is 0 Å². The Morgan fingerprint density at radius 1 is 1.06 bits per heavy atom. The molecule has 0 amide bonds. The maximum Gasteiger partial charge on any atom is 0.151 e. The summed E-state index contributed by atoms with van der Waals surface area (Å²) in [7, 11) is 2.13. The molecule has 1 aromatic carbocycles. The molecule has 168 valence electrons. The van der Waals surface area contributed by atoms with Crippen molar-refractivity contribution in [2.75, 3.05) is 13.6 Å². The molecule has 7 nitrogen and oxygen atoms in total. The van der Waals surface area contributed by atoms with Crippen LogP contribution in [-0.2, 0) is 13.1 Å². The van der Waals surface area contributed by atoms with Crippen molar-refractivity contribution in [2.45, 2.75) is 39.9 Å². The van der Waals surface area contributed by atoms with Crippen molar-refractivity contribution in [1.29, 1.82) is 0 Å². The summed E-state index contributed by atoms with van der Waals surface area (Å²) in [6.07, 6.45) is 5.72. The number of halogens is 1. The summed E-state index contributed by atoms with van der Waals surface area (Å²) in [4.78, 5) is 14.7. The van der Waals surface area contributed by atoms with Crippen LogP contribution >= 0.6 is 0 Å². The van der Waals surface area contributed by atoms with Gasteiger partial charge < -0.3 is 9.55 Å². The van der Waals surface area contributed by atoms with Gasteiger partial charge in [0.25, 0.3) is 0 Å². The quantitative estimate of drug-likeness (QED) is 0.430. The normalized spacial score (nSPS) is 14.6. The maximum atomic E-state index is 15.1. The van der Waals surface area contributed by atoms with E-state index in [2.05, 4.69) is 61.2 Å². The van der Waals surface area contributed by atoms with Crippen LogP contribution in [0.3, 0.4) is 0 Å². The van der Waals surface area contributed by atoms with Gasteiger partial charge in [0, 0.05) is 53.6 Å². The number of aromatic amines is 1. The Morgan fingerprint density at radius 3 is 2.73 bits per heavy atom. The molecule has 0 aliphatic carbocycles. The van der Waals surface area contributed by atoms with Crippen LogP contribution in [0, 0.1) is 12.7 Å². The molecule has 1 N–H and O–H groups in total. The van der Waals surface area contributed by atoms with Crippen molar-refractivity contribution in [3.05, 3.63) is 54.1 Å². The van der Waals surface area contributed by atoms with Crippen molar-refractivity contribution >= 4 is 22.1 Å². The molecule has 0 saturated heterocycles. The van der Waals surface area contributed by atoms with Crippen LogP contribution in [0.4, 0.5) is 4.39 Å². The van der Waals surface area contributed by atoms with Crippen molar-refractivity contribution in [1.82, 2.24) is 34.2 Å². The first kappa shape index (κ1) is 20.1. The van der Waals surface area contributed by atoms with Gasteiger partial charge in [-0.15, -0.1) is 0 Å². The fraction of sp³-hybridized carbons (Fsp3) is 0.320. The lowest BCUT2D eigenvalue weighted by molar-refractivity contribution is 0.259. The fourth-order valence-electron chi connectivity index (χ4n) is 5.08. The minimum absolute atomic E-state index is 0.188. The zero-order valence-electron chi connectivity index (χ0n) is 19.2. The number of hydrogen-bond donors (Lipinski definition) is 1. The fourth-order valence-corrected chi connectivity index (χ4v) is 5.08. The maximum absolute atomic E-state index is 15.1. The van der Waals surface area contributed by atoms with Crippen molar-refractivity contribution in [3.8, 4) is 22.3 Å². The first-order valence-corrected chi connectivity index (χ1v) is 11.3. The molecular weight excluding hydrogens is 417 g/mol. The Bertz CT molecular complexity index is 1520. The number of aromatic nitrogens is 6. The molecule has 5 aromatic rings. The van der Waals surface area contributed by atoms with E-state index in [1.54, 1.807) is 6.07 Å². The molecule has 0 bridgehead atoms. The van der Waals surface area contributed by atoms with Crippen LogP contribution in [0.5, 0.6) is 0 Å². The van der Waals surface area contributed by atoms with Gasteiger partial charge in [0.05, 0.1) is 24.0 Å². The highest BCUT2D eigenvalue weighted by Crippen LogP contribution is 2.35. The summed E-state index contributed by atoms with van der Waals surface area (Å²) in [5.74, 6) is 0.507. The van der Waals surface area contributed by atoms with E-state index >= 15 is 4.39 Å². The molecule has 33 heavy (non-hydrogen) atoms. The minimum atomic E-state index is -0.308. The lowest BCUT2D eigenvalue weighted by atomic mass is 10.0. The summed E-state index contributed by atoms with van der Waals surface area (Å²) in [6.45, 7) is 8.83. The van der Waals surface area contributed by atoms with Crippen LogP contribution in [-0.4, -0.2) is 47.8 Å². The molecule has 0 atom stereocenters. The largest absolute Gasteiger partial charge is 0.346 e. The molecule has 0 spiro atoms. The zero-order chi connectivity index (χ0) is 22.9. The van der Waals surface area contributed by atoms with Crippen LogP contribution in [0.25, 0.3) is 44.3 Å². The van der Waals surface area contributed by atoms with Crippen molar-refractivity contribution < 1.29 is 4.39 Å². The Balaban J connectivity index is 1.52. The molecular formula is C25H26FN7. The number of aryl methyl sites for hydroxylation is 1. The second kappa shape index (κ2) is 7.25. The first-order chi connectivity index (χ1) is 15.9. The van der Waals surface area contributed by atoms with Gasteiger partial charge in [0.1, 0.15) is 17.0 Å². The van der Waals surface area contributed by atoms with E-state index < -0.39 is 0 Å². The lowest BCUT2D eigenvalue weighted by Gasteiger charge is -2.24. The van der Waals surface area contributed by atoms with Gasteiger partial charge in [0.15, 0.2) is 5.82 Å². The number of benzene rings is 1. The van der Waals surface area contributed by atoms with Crippen LogP contribution < -0.4 is 0 Å². The Morgan fingerprint density at radius 2 is 1.91 bits per heavy atom. The topological polar surface area (TPSA) is 67.6 Å². The number of likely N-dealkylation sites (N-methyl/N-ethyl adjacent to an activating group) is 1. The van der Waals surface area contributed by atoms with Gasteiger partial charge >= 0.3 is 0 Å². The van der Waals surface area contributed by atoms with Crippen LogP contribution in [0.15, 0.2) is 36.8 Å². The van der Waals surface area contributed by atoms with Gasteiger partial charge in [-0.3, -0.25) is 9.58 Å². The number of nitrogens with one attached hydrogen (secondary N) is 1. The number of H-pyrrole nitrogens is 1. The van der Waals surface area contributed by atoms with E-state index in [0.717, 1.165) is 64.3 Å². The third-order valence-corrected chi connectivity index (χ3v) is 6.66. The van der Waals surface area contributed by atoms with E-state index in [1.165, 1.54) is 5.69 Å². The second-order valence-electron chi connectivity index (χ2n) is 9.24. The first-order valence-electron chi connectivity index (χ1n) is 11.3. The Kier molecular flexibility index (Phi) is 4.42. The molecule has 0 saturated carbocycles. The van der Waals surface area contributed by atoms with Gasteiger partial charge in [-0.1, -0.05) is 0 Å². The molecule has 1 aliphatic rings. The molecule has 0 fully saturated rings. The summed E-state index contributed by atoms with van der Waals surface area (Å²) in [5, 5.41) is 5.55.